The molecule has 0 aliphatic carbocycles. The zero-order chi connectivity index (χ0) is 13.8. The highest BCUT2D eigenvalue weighted by molar-refractivity contribution is 5.92. The minimum Gasteiger partial charge on any atom is -0.399 e. The Balaban J connectivity index is 2.30. The molecule has 3 heteroatoms. The fraction of sp³-hybridized carbons (Fsp3) is 0.438. The van der Waals surface area contributed by atoms with Gasteiger partial charge in [0.25, 0.3) is 0 Å². The van der Waals surface area contributed by atoms with Crippen molar-refractivity contribution in [1.29, 1.82) is 0 Å². The molecule has 2 aromatic rings. The molecular formula is C16H23N3. The highest BCUT2D eigenvalue weighted by Crippen LogP contribution is 2.26. The summed E-state index contributed by atoms with van der Waals surface area (Å²) in [4.78, 5) is 4.38. The molecule has 0 amide bonds. The molecule has 1 atom stereocenters. The Bertz CT molecular complexity index is 547. The van der Waals surface area contributed by atoms with Crippen molar-refractivity contribution in [3.8, 4) is 0 Å². The number of benzene rings is 1. The summed E-state index contributed by atoms with van der Waals surface area (Å²) in [6, 6.07) is 8.38. The first-order valence-electron chi connectivity index (χ1n) is 7.06. The Morgan fingerprint density at radius 3 is 2.63 bits per heavy atom. The number of nitrogens with two attached hydrogens (primary N) is 1. The van der Waals surface area contributed by atoms with Gasteiger partial charge in [0.1, 0.15) is 0 Å². The first-order chi connectivity index (χ1) is 9.15. The van der Waals surface area contributed by atoms with Crippen LogP contribution in [0.4, 0.5) is 11.4 Å². The van der Waals surface area contributed by atoms with Crippen LogP contribution in [0.25, 0.3) is 10.9 Å². The number of nitrogens with one attached hydrogen (secondary N) is 1. The molecule has 19 heavy (non-hydrogen) atoms. The molecule has 0 saturated heterocycles. The third-order valence-electron chi connectivity index (χ3n) is 3.91. The van der Waals surface area contributed by atoms with Crippen LogP contribution in [0.15, 0.2) is 30.5 Å². The highest BCUT2D eigenvalue weighted by atomic mass is 14.9. The van der Waals surface area contributed by atoms with Crippen molar-refractivity contribution in [1.82, 2.24) is 4.98 Å². The minimum atomic E-state index is 0.457. The maximum absolute atomic E-state index is 5.81. The Labute approximate surface area is 115 Å². The van der Waals surface area contributed by atoms with Gasteiger partial charge in [0, 0.05) is 29.0 Å². The lowest BCUT2D eigenvalue weighted by Gasteiger charge is -2.24. The number of nitrogen functional groups attached to an aromatic ring is 1. The van der Waals surface area contributed by atoms with Gasteiger partial charge in [-0.15, -0.1) is 0 Å². The van der Waals surface area contributed by atoms with E-state index < -0.39 is 0 Å². The summed E-state index contributed by atoms with van der Waals surface area (Å²) < 4.78 is 0. The molecule has 1 aromatic carbocycles. The lowest BCUT2D eigenvalue weighted by atomic mass is 9.95. The van der Waals surface area contributed by atoms with Crippen LogP contribution in [-0.4, -0.2) is 11.0 Å². The molecule has 1 unspecified atom stereocenters. The summed E-state index contributed by atoms with van der Waals surface area (Å²) in [5.74, 6) is 0.692. The van der Waals surface area contributed by atoms with Gasteiger partial charge in [0.05, 0.1) is 5.52 Å². The van der Waals surface area contributed by atoms with Gasteiger partial charge < -0.3 is 11.1 Å². The monoisotopic (exact) mass is 257 g/mol. The predicted octanol–water partition coefficient (Wildman–Crippen LogP) is 4.05. The van der Waals surface area contributed by atoms with E-state index in [1.165, 1.54) is 12.8 Å². The van der Waals surface area contributed by atoms with E-state index in [0.717, 1.165) is 22.3 Å². The van der Waals surface area contributed by atoms with Crippen molar-refractivity contribution < 1.29 is 0 Å². The molecule has 1 heterocycles. The van der Waals surface area contributed by atoms with Crippen molar-refractivity contribution in [2.45, 2.75) is 39.7 Å². The zero-order valence-corrected chi connectivity index (χ0v) is 12.0. The summed E-state index contributed by atoms with van der Waals surface area (Å²) in [7, 11) is 0. The largest absolute Gasteiger partial charge is 0.399 e. The van der Waals surface area contributed by atoms with Gasteiger partial charge in [-0.3, -0.25) is 4.98 Å². The fourth-order valence-corrected chi connectivity index (χ4v) is 2.65. The maximum Gasteiger partial charge on any atom is 0.0743 e. The van der Waals surface area contributed by atoms with E-state index in [1.807, 2.05) is 30.5 Å². The van der Waals surface area contributed by atoms with Crippen molar-refractivity contribution in [3.63, 3.8) is 0 Å². The summed E-state index contributed by atoms with van der Waals surface area (Å²) >= 11 is 0. The Hall–Kier alpha value is -1.77. The molecule has 0 spiro atoms. The number of nitrogens with zero attached hydrogens (tertiary/aromatic N) is 1. The summed E-state index contributed by atoms with van der Waals surface area (Å²) in [6.07, 6.45) is 4.23. The topological polar surface area (TPSA) is 50.9 Å². The summed E-state index contributed by atoms with van der Waals surface area (Å²) in [6.45, 7) is 6.75. The van der Waals surface area contributed by atoms with Crippen LogP contribution in [0.3, 0.4) is 0 Å². The molecule has 0 fully saturated rings. The lowest BCUT2D eigenvalue weighted by molar-refractivity contribution is 0.438. The molecule has 0 saturated carbocycles. The number of rotatable bonds is 5. The van der Waals surface area contributed by atoms with Crippen LogP contribution in [0.2, 0.25) is 0 Å². The van der Waals surface area contributed by atoms with Crippen molar-refractivity contribution in [3.05, 3.63) is 30.5 Å². The second-order valence-electron chi connectivity index (χ2n) is 5.14. The van der Waals surface area contributed by atoms with E-state index in [4.69, 9.17) is 5.73 Å². The molecule has 0 bridgehead atoms. The van der Waals surface area contributed by atoms with Crippen molar-refractivity contribution >= 4 is 22.3 Å². The molecule has 0 aliphatic rings. The van der Waals surface area contributed by atoms with E-state index in [9.17, 15) is 0 Å². The number of anilines is 2. The zero-order valence-electron chi connectivity index (χ0n) is 12.0. The lowest BCUT2D eigenvalue weighted by Crippen LogP contribution is -2.25. The van der Waals surface area contributed by atoms with Gasteiger partial charge in [-0.1, -0.05) is 26.7 Å². The summed E-state index contributed by atoms with van der Waals surface area (Å²) in [5.41, 5.74) is 8.65. The van der Waals surface area contributed by atoms with Gasteiger partial charge in [-0.2, -0.15) is 0 Å². The van der Waals surface area contributed by atoms with Gasteiger partial charge in [-0.05, 0) is 37.1 Å². The fourth-order valence-electron chi connectivity index (χ4n) is 2.65. The van der Waals surface area contributed by atoms with Gasteiger partial charge in [0.2, 0.25) is 0 Å². The molecule has 1 aromatic heterocycles. The highest BCUT2D eigenvalue weighted by Gasteiger charge is 2.14. The number of hydrogen-bond acceptors (Lipinski definition) is 3. The second-order valence-corrected chi connectivity index (χ2v) is 5.14. The minimum absolute atomic E-state index is 0.457. The van der Waals surface area contributed by atoms with Crippen LogP contribution in [0.1, 0.15) is 33.6 Å². The van der Waals surface area contributed by atoms with Gasteiger partial charge in [0.15, 0.2) is 0 Å². The first-order valence-corrected chi connectivity index (χ1v) is 7.06. The maximum atomic E-state index is 5.81. The van der Waals surface area contributed by atoms with E-state index in [-0.39, 0.29) is 0 Å². The van der Waals surface area contributed by atoms with Gasteiger partial charge >= 0.3 is 0 Å². The second kappa shape index (κ2) is 5.91. The number of fused-ring (bicyclic) bond motifs is 1. The molecule has 0 aliphatic heterocycles. The molecule has 3 N–H and O–H groups in total. The van der Waals surface area contributed by atoms with Crippen LogP contribution < -0.4 is 11.1 Å². The van der Waals surface area contributed by atoms with Crippen molar-refractivity contribution in [2.24, 2.45) is 5.92 Å². The SMILES string of the molecule is CCC(CC)C(C)Nc1ccnc2cc(N)ccc12. The molecule has 102 valence electrons. The Kier molecular flexibility index (Phi) is 4.25. The number of pyridine rings is 1. The van der Waals surface area contributed by atoms with Crippen molar-refractivity contribution in [2.75, 3.05) is 11.1 Å². The Morgan fingerprint density at radius 1 is 1.21 bits per heavy atom. The van der Waals surface area contributed by atoms with E-state index in [1.54, 1.807) is 0 Å². The molecule has 0 radical (unpaired) electrons. The Morgan fingerprint density at radius 2 is 1.95 bits per heavy atom. The molecule has 3 nitrogen and oxygen atoms in total. The first kappa shape index (κ1) is 13.7. The van der Waals surface area contributed by atoms with E-state index >= 15 is 0 Å². The quantitative estimate of drug-likeness (QED) is 0.794. The molecule has 2 rings (SSSR count). The summed E-state index contributed by atoms with van der Waals surface area (Å²) in [5, 5.41) is 4.76. The third-order valence-corrected chi connectivity index (χ3v) is 3.91. The smallest absolute Gasteiger partial charge is 0.0743 e. The van der Waals surface area contributed by atoms with Crippen LogP contribution in [-0.2, 0) is 0 Å². The van der Waals surface area contributed by atoms with Gasteiger partial charge in [-0.25, -0.2) is 0 Å². The number of hydrogen-bond donors (Lipinski definition) is 2. The standard InChI is InChI=1S/C16H23N3/c1-4-12(5-2)11(3)19-15-8-9-18-16-10-13(17)6-7-14(15)16/h6-12H,4-5,17H2,1-3H3,(H,18,19). The average molecular weight is 257 g/mol. The predicted molar refractivity (Wildman–Crippen MR) is 83.3 cm³/mol. The molecular weight excluding hydrogens is 234 g/mol. The van der Waals surface area contributed by atoms with E-state index in [2.05, 4.69) is 31.1 Å². The van der Waals surface area contributed by atoms with Crippen LogP contribution >= 0.6 is 0 Å². The third kappa shape index (κ3) is 2.98. The van der Waals surface area contributed by atoms with Crippen LogP contribution in [0.5, 0.6) is 0 Å². The average Bonchev–Trinajstić information content (AvgIpc) is 2.40. The van der Waals surface area contributed by atoms with Crippen LogP contribution in [0, 0.1) is 5.92 Å². The normalized spacial score (nSPS) is 12.8. The van der Waals surface area contributed by atoms with E-state index in [0.29, 0.717) is 12.0 Å². The number of aromatic nitrogens is 1.